The van der Waals surface area contributed by atoms with Crippen LogP contribution in [0.3, 0.4) is 0 Å². The molecular weight excluding hydrogens is 399 g/mol. The summed E-state index contributed by atoms with van der Waals surface area (Å²) in [5, 5.41) is 4.06. The summed E-state index contributed by atoms with van der Waals surface area (Å²) in [4.78, 5) is 28.2. The third kappa shape index (κ3) is 4.24. The van der Waals surface area contributed by atoms with Crippen LogP contribution in [-0.2, 0) is 11.2 Å². The number of hydrogen-bond donors (Lipinski definition) is 1. The quantitative estimate of drug-likeness (QED) is 0.653. The van der Waals surface area contributed by atoms with Crippen LogP contribution >= 0.6 is 11.3 Å². The van der Waals surface area contributed by atoms with E-state index < -0.39 is 0 Å². The number of likely N-dealkylation sites (tertiary alicyclic amines) is 1. The third-order valence-electron chi connectivity index (χ3n) is 5.84. The highest BCUT2D eigenvalue weighted by atomic mass is 32.1. The van der Waals surface area contributed by atoms with Gasteiger partial charge in [0, 0.05) is 30.3 Å². The van der Waals surface area contributed by atoms with Crippen LogP contribution in [0.25, 0.3) is 10.1 Å². The van der Waals surface area contributed by atoms with E-state index in [1.165, 1.54) is 6.07 Å². The number of thiophene rings is 1. The molecule has 2 aromatic carbocycles. The van der Waals surface area contributed by atoms with E-state index in [1.807, 2.05) is 30.0 Å². The highest BCUT2D eigenvalue weighted by molar-refractivity contribution is 7.21. The van der Waals surface area contributed by atoms with Gasteiger partial charge in [0.15, 0.2) is 0 Å². The predicted molar refractivity (Wildman–Crippen MR) is 118 cm³/mol. The zero-order valence-corrected chi connectivity index (χ0v) is 17.8. The summed E-state index contributed by atoms with van der Waals surface area (Å²) in [6, 6.07) is 14.7. The van der Waals surface area contributed by atoms with E-state index in [4.69, 9.17) is 0 Å². The van der Waals surface area contributed by atoms with Crippen molar-refractivity contribution in [3.05, 3.63) is 70.4 Å². The summed E-state index contributed by atoms with van der Waals surface area (Å²) in [6.45, 7) is 3.58. The highest BCUT2D eigenvalue weighted by Gasteiger charge is 2.29. The Morgan fingerprint density at radius 1 is 1.10 bits per heavy atom. The Morgan fingerprint density at radius 2 is 1.80 bits per heavy atom. The van der Waals surface area contributed by atoms with E-state index in [1.54, 1.807) is 29.5 Å². The average Bonchev–Trinajstić information content (AvgIpc) is 3.11. The molecule has 1 aliphatic rings. The minimum Gasteiger partial charge on any atom is -0.356 e. The summed E-state index contributed by atoms with van der Waals surface area (Å²) < 4.78 is 14.8. The fraction of sp³-hybridized carbons (Fsp3) is 0.333. The van der Waals surface area contributed by atoms with Crippen LogP contribution in [0.15, 0.2) is 48.5 Å². The van der Waals surface area contributed by atoms with Crippen LogP contribution in [0.1, 0.15) is 33.6 Å². The van der Waals surface area contributed by atoms with E-state index in [9.17, 15) is 14.0 Å². The molecule has 1 N–H and O–H groups in total. The normalized spacial score (nSPS) is 14.8. The van der Waals surface area contributed by atoms with Gasteiger partial charge in [0.05, 0.1) is 4.88 Å². The number of rotatable bonds is 5. The van der Waals surface area contributed by atoms with Gasteiger partial charge in [-0.3, -0.25) is 9.59 Å². The van der Waals surface area contributed by atoms with Crippen LogP contribution in [0.5, 0.6) is 0 Å². The molecule has 2 amide bonds. The minimum atomic E-state index is -0.241. The summed E-state index contributed by atoms with van der Waals surface area (Å²) >= 11 is 1.54. The molecule has 0 saturated carbocycles. The van der Waals surface area contributed by atoms with Gasteiger partial charge in [-0.05, 0) is 54.8 Å². The number of halogens is 1. The van der Waals surface area contributed by atoms with Crippen LogP contribution < -0.4 is 5.32 Å². The van der Waals surface area contributed by atoms with Gasteiger partial charge in [0.1, 0.15) is 5.82 Å². The molecule has 3 aromatic rings. The van der Waals surface area contributed by atoms with Gasteiger partial charge < -0.3 is 10.2 Å². The van der Waals surface area contributed by atoms with Gasteiger partial charge in [0.25, 0.3) is 5.91 Å². The van der Waals surface area contributed by atoms with Gasteiger partial charge in [-0.25, -0.2) is 4.39 Å². The second-order valence-electron chi connectivity index (χ2n) is 7.75. The maximum atomic E-state index is 13.7. The van der Waals surface area contributed by atoms with E-state index in [0.29, 0.717) is 44.5 Å². The standard InChI is InChI=1S/C24H25FN2O2S/c1-16-19-7-3-5-9-21(19)30-22(16)24(29)27-14-11-18(12-15-27)23(28)26-13-10-17-6-2-4-8-20(17)25/h2-9,18H,10-15H2,1H3,(H,26,28). The maximum Gasteiger partial charge on any atom is 0.264 e. The van der Waals surface area contributed by atoms with Crippen LogP contribution in [0, 0.1) is 18.7 Å². The summed E-state index contributed by atoms with van der Waals surface area (Å²) in [5.74, 6) is -0.281. The van der Waals surface area contributed by atoms with Crippen molar-refractivity contribution in [1.82, 2.24) is 10.2 Å². The number of nitrogens with zero attached hydrogens (tertiary/aromatic N) is 1. The molecule has 1 aromatic heterocycles. The van der Waals surface area contributed by atoms with Crippen molar-refractivity contribution in [2.75, 3.05) is 19.6 Å². The molecule has 0 bridgehead atoms. The van der Waals surface area contributed by atoms with Crippen molar-refractivity contribution < 1.29 is 14.0 Å². The Balaban J connectivity index is 1.30. The van der Waals surface area contributed by atoms with Crippen LogP contribution in [-0.4, -0.2) is 36.3 Å². The first-order chi connectivity index (χ1) is 14.5. The highest BCUT2D eigenvalue weighted by Crippen LogP contribution is 2.32. The number of piperidine rings is 1. The fourth-order valence-electron chi connectivity index (χ4n) is 4.03. The fourth-order valence-corrected chi connectivity index (χ4v) is 5.21. The maximum absolute atomic E-state index is 13.7. The number of carbonyl (C=O) groups excluding carboxylic acids is 2. The lowest BCUT2D eigenvalue weighted by Gasteiger charge is -2.31. The van der Waals surface area contributed by atoms with E-state index >= 15 is 0 Å². The molecule has 30 heavy (non-hydrogen) atoms. The van der Waals surface area contributed by atoms with E-state index in [-0.39, 0.29) is 23.5 Å². The topological polar surface area (TPSA) is 49.4 Å². The van der Waals surface area contributed by atoms with Crippen molar-refractivity contribution >= 4 is 33.2 Å². The molecule has 0 radical (unpaired) electrons. The molecule has 0 unspecified atom stereocenters. The third-order valence-corrected chi connectivity index (χ3v) is 7.10. The van der Waals surface area contributed by atoms with Gasteiger partial charge in [-0.2, -0.15) is 0 Å². The van der Waals surface area contributed by atoms with Crippen molar-refractivity contribution in [2.45, 2.75) is 26.2 Å². The first-order valence-electron chi connectivity index (χ1n) is 10.3. The Morgan fingerprint density at radius 3 is 2.53 bits per heavy atom. The molecule has 4 nitrogen and oxygen atoms in total. The molecule has 1 aliphatic heterocycles. The lowest BCUT2D eigenvalue weighted by Crippen LogP contribution is -2.43. The smallest absolute Gasteiger partial charge is 0.264 e. The number of aryl methyl sites for hydroxylation is 1. The predicted octanol–water partition coefficient (Wildman–Crippen LogP) is 4.56. The molecule has 0 atom stereocenters. The minimum absolute atomic E-state index is 0.00326. The molecule has 0 spiro atoms. The number of nitrogens with one attached hydrogen (secondary N) is 1. The Bertz CT molecular complexity index is 1070. The average molecular weight is 425 g/mol. The number of benzene rings is 2. The SMILES string of the molecule is Cc1c(C(=O)N2CCC(C(=O)NCCc3ccccc3F)CC2)sc2ccccc12. The van der Waals surface area contributed by atoms with Gasteiger partial charge in [-0.1, -0.05) is 36.4 Å². The summed E-state index contributed by atoms with van der Waals surface area (Å²) in [6.07, 6.45) is 1.78. The molecule has 2 heterocycles. The first kappa shape index (κ1) is 20.5. The van der Waals surface area contributed by atoms with Crippen molar-refractivity contribution in [3.8, 4) is 0 Å². The Kier molecular flexibility index (Phi) is 6.13. The lowest BCUT2D eigenvalue weighted by atomic mass is 9.95. The van der Waals surface area contributed by atoms with E-state index in [2.05, 4.69) is 11.4 Å². The van der Waals surface area contributed by atoms with Crippen molar-refractivity contribution in [2.24, 2.45) is 5.92 Å². The number of carbonyl (C=O) groups is 2. The number of fused-ring (bicyclic) bond motifs is 1. The Labute approximate surface area is 179 Å². The van der Waals surface area contributed by atoms with Gasteiger partial charge in [0.2, 0.25) is 5.91 Å². The van der Waals surface area contributed by atoms with E-state index in [0.717, 1.165) is 20.5 Å². The zero-order chi connectivity index (χ0) is 21.1. The first-order valence-corrected chi connectivity index (χ1v) is 11.1. The monoisotopic (exact) mass is 424 g/mol. The second-order valence-corrected chi connectivity index (χ2v) is 8.80. The van der Waals surface area contributed by atoms with Crippen molar-refractivity contribution in [3.63, 3.8) is 0 Å². The molecule has 1 fully saturated rings. The second kappa shape index (κ2) is 8.96. The molecular formula is C24H25FN2O2S. The lowest BCUT2D eigenvalue weighted by molar-refractivity contribution is -0.126. The largest absolute Gasteiger partial charge is 0.356 e. The molecule has 156 valence electrons. The molecule has 1 saturated heterocycles. The zero-order valence-electron chi connectivity index (χ0n) is 17.0. The Hall–Kier alpha value is -2.73. The summed E-state index contributed by atoms with van der Waals surface area (Å²) in [7, 11) is 0. The van der Waals surface area contributed by atoms with Crippen molar-refractivity contribution in [1.29, 1.82) is 0 Å². The van der Waals surface area contributed by atoms with Crippen LogP contribution in [0.2, 0.25) is 0 Å². The number of hydrogen-bond acceptors (Lipinski definition) is 3. The number of amides is 2. The molecule has 0 aliphatic carbocycles. The van der Waals surface area contributed by atoms with Gasteiger partial charge in [-0.15, -0.1) is 11.3 Å². The molecule has 4 rings (SSSR count). The summed E-state index contributed by atoms with van der Waals surface area (Å²) in [5.41, 5.74) is 1.64. The van der Waals surface area contributed by atoms with Crippen LogP contribution in [0.4, 0.5) is 4.39 Å². The molecule has 6 heteroatoms. The van der Waals surface area contributed by atoms with Gasteiger partial charge >= 0.3 is 0 Å².